The van der Waals surface area contributed by atoms with E-state index < -0.39 is 10.0 Å². The Labute approximate surface area is 167 Å². The molecule has 152 valence electrons. The Bertz CT molecular complexity index is 891. The second-order valence-electron chi connectivity index (χ2n) is 6.84. The second kappa shape index (κ2) is 9.21. The minimum Gasteiger partial charge on any atom is -0.494 e. The lowest BCUT2D eigenvalue weighted by Gasteiger charge is -2.21. The van der Waals surface area contributed by atoms with Gasteiger partial charge in [0.25, 0.3) is 5.91 Å². The first-order valence-corrected chi connectivity index (χ1v) is 10.7. The largest absolute Gasteiger partial charge is 0.494 e. The molecule has 0 spiro atoms. The van der Waals surface area contributed by atoms with Gasteiger partial charge in [-0.1, -0.05) is 12.1 Å². The lowest BCUT2D eigenvalue weighted by molar-refractivity contribution is 0.0939. The summed E-state index contributed by atoms with van der Waals surface area (Å²) in [5, 5.41) is 2.92. The van der Waals surface area contributed by atoms with Gasteiger partial charge in [-0.3, -0.25) is 4.79 Å². The monoisotopic (exact) mass is 404 g/mol. The molecule has 0 aromatic heterocycles. The summed E-state index contributed by atoms with van der Waals surface area (Å²) in [6, 6.07) is 13.2. The first kappa shape index (κ1) is 21.9. The quantitative estimate of drug-likeness (QED) is 0.729. The van der Waals surface area contributed by atoms with E-state index >= 15 is 0 Å². The number of ether oxygens (including phenoxy) is 1. The van der Waals surface area contributed by atoms with Gasteiger partial charge in [-0.25, -0.2) is 8.42 Å². The Morgan fingerprint density at radius 2 is 1.61 bits per heavy atom. The molecule has 1 unspecified atom stereocenters. The minimum absolute atomic E-state index is 0.150. The number of sulfonamides is 1. The lowest BCUT2D eigenvalue weighted by Crippen LogP contribution is -2.33. The topological polar surface area (TPSA) is 75.7 Å². The van der Waals surface area contributed by atoms with Crippen LogP contribution in [0, 0.1) is 0 Å². The number of rotatable bonds is 8. The zero-order chi connectivity index (χ0) is 20.9. The van der Waals surface area contributed by atoms with Crippen LogP contribution in [0.4, 0.5) is 0 Å². The van der Waals surface area contributed by atoms with Crippen LogP contribution in [-0.4, -0.2) is 38.3 Å². The summed E-state index contributed by atoms with van der Waals surface area (Å²) >= 11 is 0. The highest BCUT2D eigenvalue weighted by Crippen LogP contribution is 2.20. The molecule has 2 aromatic rings. The molecule has 1 N–H and O–H groups in total. The average Bonchev–Trinajstić information content (AvgIpc) is 2.68. The molecule has 2 aromatic carbocycles. The second-order valence-corrected chi connectivity index (χ2v) is 8.83. The van der Waals surface area contributed by atoms with Crippen LogP contribution in [0.2, 0.25) is 0 Å². The third-order valence-corrected chi connectivity index (χ3v) is 6.61. The summed E-state index contributed by atoms with van der Waals surface area (Å²) in [7, 11) is -2.03. The van der Waals surface area contributed by atoms with Crippen LogP contribution in [0.1, 0.15) is 49.7 Å². The maximum Gasteiger partial charge on any atom is 0.251 e. The van der Waals surface area contributed by atoms with Crippen LogP contribution in [0.3, 0.4) is 0 Å². The summed E-state index contributed by atoms with van der Waals surface area (Å²) in [4.78, 5) is 12.7. The van der Waals surface area contributed by atoms with Crippen molar-refractivity contribution >= 4 is 15.9 Å². The molecule has 0 fully saturated rings. The predicted molar refractivity (Wildman–Crippen MR) is 110 cm³/mol. The third kappa shape index (κ3) is 5.11. The fraction of sp³-hybridized carbons (Fsp3) is 0.381. The maximum atomic E-state index is 12.5. The van der Waals surface area contributed by atoms with Crippen molar-refractivity contribution in [2.75, 3.05) is 13.7 Å². The number of nitrogens with zero attached hydrogens (tertiary/aromatic N) is 1. The summed E-state index contributed by atoms with van der Waals surface area (Å²) < 4.78 is 31.7. The summed E-state index contributed by atoms with van der Waals surface area (Å²) in [5.74, 6) is 0.524. The van der Waals surface area contributed by atoms with Crippen LogP contribution in [0.5, 0.6) is 5.75 Å². The van der Waals surface area contributed by atoms with Gasteiger partial charge in [-0.05, 0) is 69.7 Å². The molecule has 1 atom stereocenters. The first-order valence-electron chi connectivity index (χ1n) is 9.28. The number of carbonyl (C=O) groups is 1. The molecular formula is C21H28N2O4S. The molecule has 0 saturated heterocycles. The van der Waals surface area contributed by atoms with Crippen molar-refractivity contribution in [1.29, 1.82) is 0 Å². The van der Waals surface area contributed by atoms with Gasteiger partial charge in [-0.2, -0.15) is 4.31 Å². The molecule has 1 amide bonds. The minimum atomic E-state index is -3.57. The van der Waals surface area contributed by atoms with E-state index in [0.717, 1.165) is 11.3 Å². The number of nitrogens with one attached hydrogen (secondary N) is 1. The molecule has 0 radical (unpaired) electrons. The van der Waals surface area contributed by atoms with Crippen molar-refractivity contribution in [2.45, 2.75) is 44.7 Å². The molecule has 7 heteroatoms. The number of amides is 1. The smallest absolute Gasteiger partial charge is 0.251 e. The molecule has 6 nitrogen and oxygen atoms in total. The van der Waals surface area contributed by atoms with Crippen LogP contribution < -0.4 is 10.1 Å². The molecule has 2 rings (SSSR count). The molecule has 0 aliphatic rings. The van der Waals surface area contributed by atoms with Gasteiger partial charge in [0.1, 0.15) is 5.75 Å². The van der Waals surface area contributed by atoms with Crippen molar-refractivity contribution in [3.05, 3.63) is 59.7 Å². The molecule has 0 saturated carbocycles. The highest BCUT2D eigenvalue weighted by Gasteiger charge is 2.23. The molecule has 0 aliphatic carbocycles. The van der Waals surface area contributed by atoms with Gasteiger partial charge in [0.05, 0.1) is 17.5 Å². The van der Waals surface area contributed by atoms with Gasteiger partial charge in [0.15, 0.2) is 0 Å². The van der Waals surface area contributed by atoms with E-state index in [1.54, 1.807) is 7.05 Å². The Morgan fingerprint density at radius 1 is 1.04 bits per heavy atom. The van der Waals surface area contributed by atoms with Gasteiger partial charge in [0.2, 0.25) is 10.0 Å². The summed E-state index contributed by atoms with van der Waals surface area (Å²) in [5.41, 5.74) is 1.36. The van der Waals surface area contributed by atoms with Crippen LogP contribution in [0.25, 0.3) is 0 Å². The molecule has 0 bridgehead atoms. The van der Waals surface area contributed by atoms with Gasteiger partial charge in [0, 0.05) is 18.7 Å². The van der Waals surface area contributed by atoms with E-state index in [9.17, 15) is 13.2 Å². The van der Waals surface area contributed by atoms with E-state index in [0.29, 0.717) is 12.2 Å². The predicted octanol–water partition coefficient (Wildman–Crippen LogP) is 3.61. The third-order valence-electron chi connectivity index (χ3n) is 4.56. The Balaban J connectivity index is 2.08. The molecular weight excluding hydrogens is 376 g/mol. The van der Waals surface area contributed by atoms with Crippen molar-refractivity contribution in [2.24, 2.45) is 0 Å². The number of carbonyl (C=O) groups excluding carboxylic acids is 1. The van der Waals surface area contributed by atoms with E-state index in [2.05, 4.69) is 5.32 Å². The summed E-state index contributed by atoms with van der Waals surface area (Å²) in [6.45, 7) is 8.03. The van der Waals surface area contributed by atoms with E-state index in [-0.39, 0.29) is 22.9 Å². The molecule has 0 aliphatic heterocycles. The Hall–Kier alpha value is -2.38. The van der Waals surface area contributed by atoms with Gasteiger partial charge in [-0.15, -0.1) is 0 Å². The Morgan fingerprint density at radius 3 is 2.11 bits per heavy atom. The zero-order valence-electron chi connectivity index (χ0n) is 17.0. The number of hydrogen-bond donors (Lipinski definition) is 1. The van der Waals surface area contributed by atoms with E-state index in [4.69, 9.17) is 4.74 Å². The maximum absolute atomic E-state index is 12.5. The van der Waals surface area contributed by atoms with Crippen molar-refractivity contribution < 1.29 is 17.9 Å². The zero-order valence-corrected chi connectivity index (χ0v) is 17.8. The molecule has 28 heavy (non-hydrogen) atoms. The van der Waals surface area contributed by atoms with E-state index in [1.807, 2.05) is 52.0 Å². The van der Waals surface area contributed by atoms with Gasteiger partial charge >= 0.3 is 0 Å². The van der Waals surface area contributed by atoms with Crippen molar-refractivity contribution in [3.63, 3.8) is 0 Å². The van der Waals surface area contributed by atoms with Crippen LogP contribution in [0.15, 0.2) is 53.4 Å². The number of hydrogen-bond acceptors (Lipinski definition) is 4. The van der Waals surface area contributed by atoms with E-state index in [1.165, 1.54) is 28.6 Å². The van der Waals surface area contributed by atoms with Crippen molar-refractivity contribution in [3.8, 4) is 5.75 Å². The van der Waals surface area contributed by atoms with Gasteiger partial charge < -0.3 is 10.1 Å². The highest BCUT2D eigenvalue weighted by atomic mass is 32.2. The number of benzene rings is 2. The highest BCUT2D eigenvalue weighted by molar-refractivity contribution is 7.89. The Kier molecular flexibility index (Phi) is 7.21. The standard InChI is InChI=1S/C21H28N2O4S/c1-6-27-19-11-7-17(8-12-19)16(4)22-21(24)18-9-13-20(14-10-18)28(25,26)23(5)15(2)3/h7-16H,6H2,1-5H3,(H,22,24). The fourth-order valence-corrected chi connectivity index (χ4v) is 3.97. The van der Waals surface area contributed by atoms with Crippen LogP contribution >= 0.6 is 0 Å². The SMILES string of the molecule is CCOc1ccc(C(C)NC(=O)c2ccc(S(=O)(=O)N(C)C(C)C)cc2)cc1. The fourth-order valence-electron chi connectivity index (χ4n) is 2.60. The average molecular weight is 405 g/mol. The summed E-state index contributed by atoms with van der Waals surface area (Å²) in [6.07, 6.45) is 0. The normalized spacial score (nSPS) is 12.8. The van der Waals surface area contributed by atoms with Crippen LogP contribution in [-0.2, 0) is 10.0 Å². The lowest BCUT2D eigenvalue weighted by atomic mass is 10.1. The van der Waals surface area contributed by atoms with Crippen molar-refractivity contribution in [1.82, 2.24) is 9.62 Å². The molecule has 0 heterocycles. The first-order chi connectivity index (χ1) is 13.2.